The third kappa shape index (κ3) is 3.45. The third-order valence-electron chi connectivity index (χ3n) is 3.23. The number of nitrogens with one attached hydrogen (secondary N) is 1. The summed E-state index contributed by atoms with van der Waals surface area (Å²) in [6.45, 7) is 0. The number of hydrogen-bond acceptors (Lipinski definition) is 2. The fraction of sp³-hybridized carbons (Fsp3) is 0.385. The van der Waals surface area contributed by atoms with Gasteiger partial charge in [-0.15, -0.1) is 0 Å². The molecular weight excluding hydrogens is 289 g/mol. The Labute approximate surface area is 118 Å². The number of carbonyl (C=O) groups is 2. The predicted octanol–water partition coefficient (Wildman–Crippen LogP) is 3.03. The third-order valence-corrected chi connectivity index (χ3v) is 3.23. The van der Waals surface area contributed by atoms with Crippen molar-refractivity contribution in [2.45, 2.75) is 25.1 Å². The molecule has 0 aromatic heterocycles. The first-order valence-corrected chi connectivity index (χ1v) is 6.18. The van der Waals surface area contributed by atoms with Crippen molar-refractivity contribution in [2.24, 2.45) is 0 Å². The average molecular weight is 302 g/mol. The molecule has 1 fully saturated rings. The number of carbonyl (C=O) groups excluding carboxylic acids is 1. The SMILES string of the molecule is CN(C(=O)Nc1cc(C(F)(F)F)ccc1C(=O)O)C1CC1. The minimum atomic E-state index is -4.61. The Balaban J connectivity index is 2.30. The van der Waals surface area contributed by atoms with Gasteiger partial charge in [0.05, 0.1) is 16.8 Å². The van der Waals surface area contributed by atoms with E-state index in [9.17, 15) is 22.8 Å². The van der Waals surface area contributed by atoms with E-state index in [1.165, 1.54) is 11.9 Å². The zero-order chi connectivity index (χ0) is 15.8. The molecule has 1 saturated carbocycles. The van der Waals surface area contributed by atoms with Crippen molar-refractivity contribution in [2.75, 3.05) is 12.4 Å². The van der Waals surface area contributed by atoms with E-state index >= 15 is 0 Å². The van der Waals surface area contributed by atoms with E-state index in [1.807, 2.05) is 0 Å². The minimum absolute atomic E-state index is 0.0593. The summed E-state index contributed by atoms with van der Waals surface area (Å²) in [7, 11) is 1.51. The van der Waals surface area contributed by atoms with Crippen LogP contribution in [0.1, 0.15) is 28.8 Å². The van der Waals surface area contributed by atoms with E-state index in [-0.39, 0.29) is 17.3 Å². The fourth-order valence-electron chi connectivity index (χ4n) is 1.84. The molecule has 1 aliphatic rings. The Morgan fingerprint density at radius 2 is 1.95 bits per heavy atom. The number of rotatable bonds is 3. The van der Waals surface area contributed by atoms with Crippen LogP contribution in [0.5, 0.6) is 0 Å². The molecule has 0 spiro atoms. The molecule has 1 aliphatic carbocycles. The van der Waals surface area contributed by atoms with Crippen LogP contribution in [0.25, 0.3) is 0 Å². The van der Waals surface area contributed by atoms with Crippen LogP contribution in [0.4, 0.5) is 23.7 Å². The molecule has 8 heteroatoms. The molecule has 0 atom stereocenters. The fourth-order valence-corrected chi connectivity index (χ4v) is 1.84. The van der Waals surface area contributed by atoms with Crippen LogP contribution in [0.2, 0.25) is 0 Å². The van der Waals surface area contributed by atoms with Crippen LogP contribution in [-0.2, 0) is 6.18 Å². The second-order valence-corrected chi connectivity index (χ2v) is 4.84. The van der Waals surface area contributed by atoms with Gasteiger partial charge in [-0.05, 0) is 31.0 Å². The van der Waals surface area contributed by atoms with Gasteiger partial charge in [0.1, 0.15) is 0 Å². The van der Waals surface area contributed by atoms with Gasteiger partial charge in [0, 0.05) is 13.1 Å². The summed E-state index contributed by atoms with van der Waals surface area (Å²) in [4.78, 5) is 24.3. The number of amides is 2. The van der Waals surface area contributed by atoms with Gasteiger partial charge in [0.25, 0.3) is 0 Å². The molecule has 0 bridgehead atoms. The molecular formula is C13H13F3N2O3. The van der Waals surface area contributed by atoms with Gasteiger partial charge in [0.15, 0.2) is 0 Å². The monoisotopic (exact) mass is 302 g/mol. The smallest absolute Gasteiger partial charge is 0.416 e. The van der Waals surface area contributed by atoms with Gasteiger partial charge in [0.2, 0.25) is 0 Å². The Morgan fingerprint density at radius 1 is 1.33 bits per heavy atom. The molecule has 21 heavy (non-hydrogen) atoms. The van der Waals surface area contributed by atoms with E-state index in [2.05, 4.69) is 5.32 Å². The summed E-state index contributed by atoms with van der Waals surface area (Å²) in [6.07, 6.45) is -2.95. The summed E-state index contributed by atoms with van der Waals surface area (Å²) in [6, 6.07) is 1.56. The highest BCUT2D eigenvalue weighted by Gasteiger charge is 2.33. The van der Waals surface area contributed by atoms with Gasteiger partial charge < -0.3 is 15.3 Å². The molecule has 0 radical (unpaired) electrons. The van der Waals surface area contributed by atoms with Crippen LogP contribution >= 0.6 is 0 Å². The number of alkyl halides is 3. The van der Waals surface area contributed by atoms with Crippen molar-refractivity contribution in [3.05, 3.63) is 29.3 Å². The van der Waals surface area contributed by atoms with Crippen molar-refractivity contribution >= 4 is 17.7 Å². The van der Waals surface area contributed by atoms with E-state index < -0.39 is 23.7 Å². The highest BCUT2D eigenvalue weighted by molar-refractivity contribution is 6.00. The van der Waals surface area contributed by atoms with Crippen LogP contribution in [0, 0.1) is 0 Å². The molecule has 2 N–H and O–H groups in total. The van der Waals surface area contributed by atoms with E-state index in [1.54, 1.807) is 0 Å². The zero-order valence-corrected chi connectivity index (χ0v) is 11.1. The number of anilines is 1. The number of hydrogen-bond donors (Lipinski definition) is 2. The standard InChI is InChI=1S/C13H13F3N2O3/c1-18(8-3-4-8)12(21)17-10-6-7(13(14,15)16)2-5-9(10)11(19)20/h2,5-6,8H,3-4H2,1H3,(H,17,21)(H,19,20). The maximum Gasteiger partial charge on any atom is 0.416 e. The quantitative estimate of drug-likeness (QED) is 0.901. The van der Waals surface area contributed by atoms with Gasteiger partial charge in [-0.2, -0.15) is 13.2 Å². The Kier molecular flexibility index (Phi) is 3.80. The zero-order valence-electron chi connectivity index (χ0n) is 11.1. The lowest BCUT2D eigenvalue weighted by Crippen LogP contribution is -2.33. The predicted molar refractivity (Wildman–Crippen MR) is 68.2 cm³/mol. The highest BCUT2D eigenvalue weighted by Crippen LogP contribution is 2.33. The number of carboxylic acids is 1. The lowest BCUT2D eigenvalue weighted by Gasteiger charge is -2.19. The Hall–Kier alpha value is -2.25. The van der Waals surface area contributed by atoms with Crippen LogP contribution in [-0.4, -0.2) is 35.1 Å². The molecule has 0 saturated heterocycles. The van der Waals surface area contributed by atoms with Gasteiger partial charge >= 0.3 is 18.2 Å². The Bertz CT molecular complexity index is 583. The maximum atomic E-state index is 12.7. The minimum Gasteiger partial charge on any atom is -0.478 e. The molecule has 0 aliphatic heterocycles. The van der Waals surface area contributed by atoms with Crippen LogP contribution < -0.4 is 5.32 Å². The first-order chi connectivity index (χ1) is 9.70. The first-order valence-electron chi connectivity index (χ1n) is 6.18. The van der Waals surface area contributed by atoms with Crippen molar-refractivity contribution < 1.29 is 27.9 Å². The first kappa shape index (κ1) is 15.1. The summed E-state index contributed by atoms with van der Waals surface area (Å²) in [5.74, 6) is -1.41. The van der Waals surface area contributed by atoms with Crippen molar-refractivity contribution in [3.63, 3.8) is 0 Å². The lowest BCUT2D eigenvalue weighted by molar-refractivity contribution is -0.137. The van der Waals surface area contributed by atoms with E-state index in [0.717, 1.165) is 18.9 Å². The molecule has 1 aromatic rings. The van der Waals surface area contributed by atoms with E-state index in [4.69, 9.17) is 5.11 Å². The van der Waals surface area contributed by atoms with Crippen LogP contribution in [0.15, 0.2) is 18.2 Å². The topological polar surface area (TPSA) is 69.6 Å². The van der Waals surface area contributed by atoms with Gasteiger partial charge in [-0.1, -0.05) is 0 Å². The summed E-state index contributed by atoms with van der Waals surface area (Å²) >= 11 is 0. The Morgan fingerprint density at radius 3 is 2.43 bits per heavy atom. The molecule has 114 valence electrons. The number of carboxylic acid groups (broad SMARTS) is 1. The molecule has 5 nitrogen and oxygen atoms in total. The van der Waals surface area contributed by atoms with E-state index in [0.29, 0.717) is 12.1 Å². The van der Waals surface area contributed by atoms with Crippen molar-refractivity contribution in [1.29, 1.82) is 0 Å². The highest BCUT2D eigenvalue weighted by atomic mass is 19.4. The van der Waals surface area contributed by atoms with Crippen molar-refractivity contribution in [1.82, 2.24) is 4.90 Å². The number of nitrogens with zero attached hydrogens (tertiary/aromatic N) is 1. The summed E-state index contributed by atoms with van der Waals surface area (Å²) < 4.78 is 38.0. The summed E-state index contributed by atoms with van der Waals surface area (Å²) in [5.41, 5.74) is -1.77. The molecule has 0 heterocycles. The second kappa shape index (κ2) is 5.27. The molecule has 1 aromatic carbocycles. The van der Waals surface area contributed by atoms with Gasteiger partial charge in [-0.25, -0.2) is 9.59 Å². The number of halogens is 3. The molecule has 2 amide bonds. The average Bonchev–Trinajstić information content (AvgIpc) is 3.20. The number of urea groups is 1. The van der Waals surface area contributed by atoms with Crippen LogP contribution in [0.3, 0.4) is 0 Å². The summed E-state index contributed by atoms with van der Waals surface area (Å²) in [5, 5.41) is 11.2. The second-order valence-electron chi connectivity index (χ2n) is 4.84. The van der Waals surface area contributed by atoms with Gasteiger partial charge in [-0.3, -0.25) is 0 Å². The van der Waals surface area contributed by atoms with Crippen molar-refractivity contribution in [3.8, 4) is 0 Å². The number of aromatic carboxylic acids is 1. The normalized spacial score (nSPS) is 14.7. The molecule has 2 rings (SSSR count). The lowest BCUT2D eigenvalue weighted by atomic mass is 10.1. The number of benzene rings is 1. The maximum absolute atomic E-state index is 12.7. The molecule has 0 unspecified atom stereocenters. The largest absolute Gasteiger partial charge is 0.478 e.